The van der Waals surface area contributed by atoms with Gasteiger partial charge in [0, 0.05) is 34.9 Å². The summed E-state index contributed by atoms with van der Waals surface area (Å²) in [6.07, 6.45) is -0.730. The van der Waals surface area contributed by atoms with Gasteiger partial charge in [0.05, 0.1) is 22.5 Å². The Kier molecular flexibility index (Phi) is 5.52. The molecule has 31 heavy (non-hydrogen) atoms. The lowest BCUT2D eigenvalue weighted by molar-refractivity contribution is -0.116. The van der Waals surface area contributed by atoms with Gasteiger partial charge < -0.3 is 5.32 Å². The summed E-state index contributed by atoms with van der Waals surface area (Å²) < 4.78 is 30.1. The summed E-state index contributed by atoms with van der Waals surface area (Å²) in [4.78, 5) is 21.4. The van der Waals surface area contributed by atoms with Crippen LogP contribution >= 0.6 is 11.3 Å². The van der Waals surface area contributed by atoms with Crippen LogP contribution in [0, 0.1) is 20.8 Å². The van der Waals surface area contributed by atoms with Crippen molar-refractivity contribution in [2.24, 2.45) is 0 Å². The van der Waals surface area contributed by atoms with Crippen molar-refractivity contribution >= 4 is 33.4 Å². The van der Waals surface area contributed by atoms with Crippen LogP contribution in [0.15, 0.2) is 17.6 Å². The number of amides is 1. The zero-order valence-corrected chi connectivity index (χ0v) is 18.3. The Bertz CT molecular complexity index is 1270. The van der Waals surface area contributed by atoms with E-state index in [-0.39, 0.29) is 29.0 Å². The lowest BCUT2D eigenvalue weighted by Crippen LogP contribution is -2.19. The highest BCUT2D eigenvalue weighted by atomic mass is 32.1. The molecule has 0 saturated heterocycles. The predicted octanol–water partition coefficient (Wildman–Crippen LogP) is 4.27. The van der Waals surface area contributed by atoms with Crippen molar-refractivity contribution in [3.63, 3.8) is 0 Å². The number of halogens is 2. The Morgan fingerprint density at radius 1 is 1.19 bits per heavy atom. The van der Waals surface area contributed by atoms with Gasteiger partial charge in [-0.1, -0.05) is 0 Å². The van der Waals surface area contributed by atoms with Crippen molar-refractivity contribution in [2.75, 3.05) is 5.32 Å². The number of thiazole rings is 1. The molecule has 0 radical (unpaired) electrons. The Morgan fingerprint density at radius 2 is 1.97 bits per heavy atom. The zero-order valence-electron chi connectivity index (χ0n) is 17.5. The molecule has 0 spiro atoms. The number of nitrogens with zero attached hydrogens (tertiary/aromatic N) is 6. The van der Waals surface area contributed by atoms with Gasteiger partial charge in [-0.25, -0.2) is 23.4 Å². The van der Waals surface area contributed by atoms with Gasteiger partial charge >= 0.3 is 0 Å². The minimum Gasteiger partial charge on any atom is -0.300 e. The van der Waals surface area contributed by atoms with Crippen LogP contribution < -0.4 is 5.32 Å². The molecule has 0 saturated carbocycles. The van der Waals surface area contributed by atoms with Crippen molar-refractivity contribution in [3.05, 3.63) is 40.3 Å². The molecule has 0 aliphatic carbocycles. The third-order valence-electron chi connectivity index (χ3n) is 4.86. The minimum absolute atomic E-state index is 0.126. The molecule has 0 atom stereocenters. The topological polar surface area (TPSA) is 90.5 Å². The van der Waals surface area contributed by atoms with Crippen molar-refractivity contribution in [2.45, 2.75) is 47.2 Å². The van der Waals surface area contributed by atoms with Gasteiger partial charge in [-0.05, 0) is 33.8 Å². The molecular formula is C20H21F2N7OS. The molecule has 8 nitrogen and oxygen atoms in total. The maximum atomic E-state index is 13.5. The minimum atomic E-state index is -2.65. The first-order chi connectivity index (χ1) is 14.8. The van der Waals surface area contributed by atoms with Gasteiger partial charge in [0.15, 0.2) is 10.8 Å². The molecule has 4 heterocycles. The second-order valence-electron chi connectivity index (χ2n) is 7.17. The average molecular weight is 445 g/mol. The second kappa shape index (κ2) is 8.14. The van der Waals surface area contributed by atoms with E-state index in [0.29, 0.717) is 16.5 Å². The zero-order chi connectivity index (χ0) is 22.3. The van der Waals surface area contributed by atoms with Crippen LogP contribution in [-0.2, 0) is 17.9 Å². The number of carbonyl (C=O) groups excluding carboxylic acids is 1. The number of nitrogens with one attached hydrogen (secondary N) is 1. The normalized spacial score (nSPS) is 11.6. The summed E-state index contributed by atoms with van der Waals surface area (Å²) in [5, 5.41) is 14.0. The van der Waals surface area contributed by atoms with Crippen molar-refractivity contribution in [3.8, 4) is 11.3 Å². The molecular weight excluding hydrogens is 424 g/mol. The third-order valence-corrected chi connectivity index (χ3v) is 5.62. The number of fused-ring (bicyclic) bond motifs is 1. The fraction of sp³-hybridized carbons (Fsp3) is 0.350. The number of rotatable bonds is 6. The number of aryl methyl sites for hydroxylation is 4. The summed E-state index contributed by atoms with van der Waals surface area (Å²) >= 11 is 1.30. The molecule has 11 heteroatoms. The quantitative estimate of drug-likeness (QED) is 0.479. The lowest BCUT2D eigenvalue weighted by Gasteiger charge is -2.06. The van der Waals surface area contributed by atoms with Crippen LogP contribution in [0.3, 0.4) is 0 Å². The number of anilines is 1. The summed E-state index contributed by atoms with van der Waals surface area (Å²) in [6, 6.07) is 1.35. The fourth-order valence-electron chi connectivity index (χ4n) is 3.48. The van der Waals surface area contributed by atoms with Gasteiger partial charge in [-0.2, -0.15) is 10.2 Å². The molecule has 1 N–H and O–H groups in total. The first-order valence-corrected chi connectivity index (χ1v) is 10.6. The van der Waals surface area contributed by atoms with E-state index in [2.05, 4.69) is 25.5 Å². The van der Waals surface area contributed by atoms with E-state index in [1.807, 2.05) is 30.1 Å². The molecule has 162 valence electrons. The number of hydrogen-bond acceptors (Lipinski definition) is 6. The maximum Gasteiger partial charge on any atom is 0.264 e. The van der Waals surface area contributed by atoms with Crippen LogP contribution in [0.2, 0.25) is 0 Å². The molecule has 0 aliphatic rings. The Labute approximate surface area is 180 Å². The van der Waals surface area contributed by atoms with E-state index >= 15 is 0 Å². The molecule has 4 aromatic rings. The molecule has 1 amide bonds. The standard InChI is InChI=1S/C20H21F2N7OS/c1-5-28-7-14(11(3)26-28)15-9-31-20(24-15)25-16(30)8-29-19-17(12(4)27-29)13(18(21)22)6-10(2)23-19/h6-7,9,18H,5,8H2,1-4H3,(H,24,25,30). The van der Waals surface area contributed by atoms with Gasteiger partial charge in [0.2, 0.25) is 5.91 Å². The van der Waals surface area contributed by atoms with Crippen molar-refractivity contribution < 1.29 is 13.6 Å². The number of hydrogen-bond donors (Lipinski definition) is 1. The summed E-state index contributed by atoms with van der Waals surface area (Å²) in [5.41, 5.74) is 3.50. The van der Waals surface area contributed by atoms with Crippen LogP contribution in [0.5, 0.6) is 0 Å². The molecule has 0 aliphatic heterocycles. The SMILES string of the molecule is CCn1cc(-c2csc(NC(=O)Cn3nc(C)c4c(C(F)F)cc(C)nc43)n2)c(C)n1. The number of pyridine rings is 1. The Morgan fingerprint density at radius 3 is 2.65 bits per heavy atom. The largest absolute Gasteiger partial charge is 0.300 e. The van der Waals surface area contributed by atoms with E-state index in [9.17, 15) is 13.6 Å². The highest BCUT2D eigenvalue weighted by molar-refractivity contribution is 7.14. The first-order valence-electron chi connectivity index (χ1n) is 9.69. The average Bonchev–Trinajstić information content (AvgIpc) is 3.39. The van der Waals surface area contributed by atoms with Crippen LogP contribution in [0.1, 0.15) is 36.0 Å². The van der Waals surface area contributed by atoms with E-state index in [0.717, 1.165) is 23.5 Å². The summed E-state index contributed by atoms with van der Waals surface area (Å²) in [5.74, 6) is -0.367. The van der Waals surface area contributed by atoms with Crippen LogP contribution in [-0.4, -0.2) is 35.4 Å². The monoisotopic (exact) mass is 445 g/mol. The third kappa shape index (κ3) is 4.05. The Balaban J connectivity index is 1.55. The lowest BCUT2D eigenvalue weighted by atomic mass is 10.1. The van der Waals surface area contributed by atoms with Crippen LogP contribution in [0.25, 0.3) is 22.3 Å². The van der Waals surface area contributed by atoms with Gasteiger partial charge in [-0.3, -0.25) is 9.48 Å². The summed E-state index contributed by atoms with van der Waals surface area (Å²) in [6.45, 7) is 7.78. The van der Waals surface area contributed by atoms with Gasteiger partial charge in [-0.15, -0.1) is 11.3 Å². The number of alkyl halides is 2. The van der Waals surface area contributed by atoms with E-state index in [1.165, 1.54) is 22.1 Å². The fourth-order valence-corrected chi connectivity index (χ4v) is 4.21. The highest BCUT2D eigenvalue weighted by Gasteiger charge is 2.21. The van der Waals surface area contributed by atoms with Crippen LogP contribution in [0.4, 0.5) is 13.9 Å². The number of aromatic nitrogens is 6. The van der Waals surface area contributed by atoms with Gasteiger partial charge in [0.25, 0.3) is 6.43 Å². The summed E-state index contributed by atoms with van der Waals surface area (Å²) in [7, 11) is 0. The molecule has 0 bridgehead atoms. The highest BCUT2D eigenvalue weighted by Crippen LogP contribution is 2.30. The molecule has 4 aromatic heterocycles. The predicted molar refractivity (Wildman–Crippen MR) is 114 cm³/mol. The molecule has 0 aromatic carbocycles. The molecule has 0 fully saturated rings. The second-order valence-corrected chi connectivity index (χ2v) is 8.02. The van der Waals surface area contributed by atoms with E-state index in [1.54, 1.807) is 13.8 Å². The molecule has 0 unspecified atom stereocenters. The Hall–Kier alpha value is -3.21. The first kappa shape index (κ1) is 21.0. The van der Waals surface area contributed by atoms with E-state index < -0.39 is 6.43 Å². The van der Waals surface area contributed by atoms with Gasteiger partial charge in [0.1, 0.15) is 6.54 Å². The smallest absolute Gasteiger partial charge is 0.264 e. The van der Waals surface area contributed by atoms with Crippen molar-refractivity contribution in [1.82, 2.24) is 29.5 Å². The van der Waals surface area contributed by atoms with E-state index in [4.69, 9.17) is 0 Å². The molecule has 4 rings (SSSR count). The maximum absolute atomic E-state index is 13.5. The number of carbonyl (C=O) groups is 1. The van der Waals surface area contributed by atoms with Crippen molar-refractivity contribution in [1.29, 1.82) is 0 Å².